The quantitative estimate of drug-likeness (QED) is 0.829. The van der Waals surface area contributed by atoms with Crippen LogP contribution in [0.2, 0.25) is 5.02 Å². The first-order valence-corrected chi connectivity index (χ1v) is 9.02. The van der Waals surface area contributed by atoms with Gasteiger partial charge in [-0.15, -0.1) is 0 Å². The number of halogens is 1. The van der Waals surface area contributed by atoms with Gasteiger partial charge in [-0.3, -0.25) is 4.90 Å². The van der Waals surface area contributed by atoms with Crippen molar-refractivity contribution in [3.63, 3.8) is 0 Å². The molecular weight excluding hydrogens is 310 g/mol. The van der Waals surface area contributed by atoms with Gasteiger partial charge in [0.15, 0.2) is 0 Å². The van der Waals surface area contributed by atoms with Crippen LogP contribution in [0.25, 0.3) is 0 Å². The molecule has 3 N–H and O–H groups in total. The fourth-order valence-corrected chi connectivity index (χ4v) is 4.20. The third-order valence-corrected chi connectivity index (χ3v) is 5.76. The number of sulfonamides is 1. The first kappa shape index (κ1) is 16.7. The lowest BCUT2D eigenvalue weighted by Gasteiger charge is -2.23. The van der Waals surface area contributed by atoms with Crippen LogP contribution >= 0.6 is 11.6 Å². The van der Waals surface area contributed by atoms with E-state index in [1.807, 2.05) is 6.92 Å². The van der Waals surface area contributed by atoms with E-state index in [1.54, 1.807) is 12.1 Å². The van der Waals surface area contributed by atoms with Gasteiger partial charge in [0.05, 0.1) is 5.02 Å². The van der Waals surface area contributed by atoms with Crippen LogP contribution in [0.4, 0.5) is 0 Å². The SMILES string of the molecule is CC(CNS(=O)(=O)c1ccc(CN)cc1Cl)N1CCCC1. The van der Waals surface area contributed by atoms with E-state index in [0.717, 1.165) is 18.7 Å². The van der Waals surface area contributed by atoms with Gasteiger partial charge in [-0.05, 0) is 50.6 Å². The fraction of sp³-hybridized carbons (Fsp3) is 0.571. The van der Waals surface area contributed by atoms with Crippen LogP contribution in [-0.4, -0.2) is 39.0 Å². The number of hydrogen-bond donors (Lipinski definition) is 2. The van der Waals surface area contributed by atoms with Gasteiger partial charge in [-0.25, -0.2) is 13.1 Å². The van der Waals surface area contributed by atoms with E-state index in [-0.39, 0.29) is 16.0 Å². The van der Waals surface area contributed by atoms with Gasteiger partial charge in [0, 0.05) is 19.1 Å². The van der Waals surface area contributed by atoms with Crippen molar-refractivity contribution in [1.29, 1.82) is 0 Å². The summed E-state index contributed by atoms with van der Waals surface area (Å²) < 4.78 is 27.3. The minimum atomic E-state index is -3.59. The van der Waals surface area contributed by atoms with E-state index in [0.29, 0.717) is 13.1 Å². The Balaban J connectivity index is 2.04. The average molecular weight is 332 g/mol. The minimum absolute atomic E-state index is 0.106. The normalized spacial score (nSPS) is 18.0. The first-order chi connectivity index (χ1) is 9.94. The molecule has 1 aromatic carbocycles. The molecule has 1 aliphatic heterocycles. The van der Waals surface area contributed by atoms with Crippen molar-refractivity contribution < 1.29 is 8.42 Å². The first-order valence-electron chi connectivity index (χ1n) is 7.16. The number of benzene rings is 1. The molecular formula is C14H22ClN3O2S. The summed E-state index contributed by atoms with van der Waals surface area (Å²) in [6.07, 6.45) is 2.37. The summed E-state index contributed by atoms with van der Waals surface area (Å²) in [6.45, 7) is 4.83. The number of nitrogens with zero attached hydrogens (tertiary/aromatic N) is 1. The molecule has 2 rings (SSSR count). The second-order valence-corrected chi connectivity index (χ2v) is 7.56. The lowest BCUT2D eigenvalue weighted by molar-refractivity contribution is 0.260. The molecule has 0 radical (unpaired) electrons. The van der Waals surface area contributed by atoms with E-state index in [1.165, 1.54) is 18.9 Å². The highest BCUT2D eigenvalue weighted by Crippen LogP contribution is 2.22. The highest BCUT2D eigenvalue weighted by atomic mass is 35.5. The molecule has 118 valence electrons. The molecule has 7 heteroatoms. The zero-order valence-electron chi connectivity index (χ0n) is 12.2. The number of nitrogens with one attached hydrogen (secondary N) is 1. The molecule has 1 fully saturated rings. The Morgan fingerprint density at radius 2 is 2.05 bits per heavy atom. The summed E-state index contributed by atoms with van der Waals surface area (Å²) in [4.78, 5) is 2.40. The lowest BCUT2D eigenvalue weighted by atomic mass is 10.2. The van der Waals surface area contributed by atoms with Gasteiger partial charge in [0.2, 0.25) is 10.0 Å². The largest absolute Gasteiger partial charge is 0.326 e. The molecule has 1 saturated heterocycles. The van der Waals surface area contributed by atoms with Crippen LogP contribution in [0.3, 0.4) is 0 Å². The molecule has 1 aromatic rings. The minimum Gasteiger partial charge on any atom is -0.326 e. The highest BCUT2D eigenvalue weighted by molar-refractivity contribution is 7.89. The Hall–Kier alpha value is -0.660. The zero-order valence-corrected chi connectivity index (χ0v) is 13.8. The van der Waals surface area contributed by atoms with Crippen molar-refractivity contribution >= 4 is 21.6 Å². The summed E-state index contributed by atoms with van der Waals surface area (Å²) in [5.41, 5.74) is 6.33. The number of rotatable bonds is 6. The van der Waals surface area contributed by atoms with E-state index in [9.17, 15) is 8.42 Å². The predicted octanol–water partition coefficient (Wildman–Crippen LogP) is 1.56. The summed E-state index contributed by atoms with van der Waals surface area (Å²) in [5.74, 6) is 0. The van der Waals surface area contributed by atoms with E-state index >= 15 is 0 Å². The van der Waals surface area contributed by atoms with E-state index in [2.05, 4.69) is 9.62 Å². The van der Waals surface area contributed by atoms with Crippen molar-refractivity contribution in [2.45, 2.75) is 37.2 Å². The zero-order chi connectivity index (χ0) is 15.5. The molecule has 1 unspecified atom stereocenters. The molecule has 0 aliphatic carbocycles. The Kier molecular flexibility index (Phi) is 5.62. The van der Waals surface area contributed by atoms with Crippen LogP contribution in [0.5, 0.6) is 0 Å². The highest BCUT2D eigenvalue weighted by Gasteiger charge is 2.22. The maximum absolute atomic E-state index is 12.3. The maximum Gasteiger partial charge on any atom is 0.242 e. The van der Waals surface area contributed by atoms with Gasteiger partial charge in [-0.2, -0.15) is 0 Å². The molecule has 1 heterocycles. The summed E-state index contributed by atoms with van der Waals surface area (Å²) in [5, 5.41) is 0.208. The molecule has 1 atom stereocenters. The Morgan fingerprint density at radius 1 is 1.38 bits per heavy atom. The van der Waals surface area contributed by atoms with E-state index < -0.39 is 10.0 Å². The molecule has 5 nitrogen and oxygen atoms in total. The number of nitrogens with two attached hydrogens (primary N) is 1. The standard InChI is InChI=1S/C14H22ClN3O2S/c1-11(18-6-2-3-7-18)10-17-21(19,20)14-5-4-12(9-16)8-13(14)15/h4-5,8,11,17H,2-3,6-7,9-10,16H2,1H3. The average Bonchev–Trinajstić information content (AvgIpc) is 2.98. The fourth-order valence-electron chi connectivity index (χ4n) is 2.51. The van der Waals surface area contributed by atoms with Gasteiger partial charge < -0.3 is 5.73 Å². The third-order valence-electron chi connectivity index (χ3n) is 3.85. The Bertz CT molecular complexity index is 586. The van der Waals surface area contributed by atoms with E-state index in [4.69, 9.17) is 17.3 Å². The van der Waals surface area contributed by atoms with Crippen LogP contribution in [0.15, 0.2) is 23.1 Å². The molecule has 0 saturated carbocycles. The molecule has 0 spiro atoms. The van der Waals surface area contributed by atoms with Gasteiger partial charge >= 0.3 is 0 Å². The second-order valence-electron chi connectivity index (χ2n) is 5.41. The topological polar surface area (TPSA) is 75.4 Å². The number of likely N-dealkylation sites (tertiary alicyclic amines) is 1. The Labute approximate surface area is 131 Å². The van der Waals surface area contributed by atoms with Crippen LogP contribution in [-0.2, 0) is 16.6 Å². The summed E-state index contributed by atoms with van der Waals surface area (Å²) >= 11 is 6.05. The van der Waals surface area contributed by atoms with Crippen LogP contribution in [0, 0.1) is 0 Å². The molecule has 1 aliphatic rings. The van der Waals surface area contributed by atoms with Crippen LogP contribution < -0.4 is 10.5 Å². The van der Waals surface area contributed by atoms with Gasteiger partial charge in [0.1, 0.15) is 4.90 Å². The molecule has 21 heavy (non-hydrogen) atoms. The second kappa shape index (κ2) is 7.07. The van der Waals surface area contributed by atoms with Crippen molar-refractivity contribution in [2.75, 3.05) is 19.6 Å². The molecule has 0 aromatic heterocycles. The maximum atomic E-state index is 12.3. The summed E-state index contributed by atoms with van der Waals surface area (Å²) in [6, 6.07) is 4.97. The van der Waals surface area contributed by atoms with Crippen molar-refractivity contribution in [1.82, 2.24) is 9.62 Å². The Morgan fingerprint density at radius 3 is 2.62 bits per heavy atom. The third kappa shape index (κ3) is 4.17. The van der Waals surface area contributed by atoms with Gasteiger partial charge in [0.25, 0.3) is 0 Å². The predicted molar refractivity (Wildman–Crippen MR) is 84.8 cm³/mol. The van der Waals surface area contributed by atoms with Crippen molar-refractivity contribution in [3.8, 4) is 0 Å². The van der Waals surface area contributed by atoms with Crippen molar-refractivity contribution in [2.24, 2.45) is 5.73 Å². The number of hydrogen-bond acceptors (Lipinski definition) is 4. The van der Waals surface area contributed by atoms with Crippen molar-refractivity contribution in [3.05, 3.63) is 28.8 Å². The van der Waals surface area contributed by atoms with Gasteiger partial charge in [-0.1, -0.05) is 17.7 Å². The monoisotopic (exact) mass is 331 g/mol. The molecule has 0 bridgehead atoms. The lowest BCUT2D eigenvalue weighted by Crippen LogP contribution is -2.40. The van der Waals surface area contributed by atoms with Crippen LogP contribution in [0.1, 0.15) is 25.3 Å². The molecule has 0 amide bonds. The summed E-state index contributed by atoms with van der Waals surface area (Å²) in [7, 11) is -3.59. The smallest absolute Gasteiger partial charge is 0.242 e.